The zero-order valence-electron chi connectivity index (χ0n) is 12.4. The van der Waals surface area contributed by atoms with Crippen molar-refractivity contribution in [2.45, 2.75) is 47.1 Å². The van der Waals surface area contributed by atoms with Crippen LogP contribution in [0.1, 0.15) is 41.0 Å². The molecule has 0 saturated heterocycles. The van der Waals surface area contributed by atoms with Gasteiger partial charge in [0.15, 0.2) is 0 Å². The number of carbonyl (C=O) groups is 2. The van der Waals surface area contributed by atoms with Crippen molar-refractivity contribution in [3.8, 4) is 0 Å². The molecule has 0 amide bonds. The lowest BCUT2D eigenvalue weighted by Crippen LogP contribution is -2.48. The van der Waals surface area contributed by atoms with Gasteiger partial charge in [0, 0.05) is 0 Å². The van der Waals surface area contributed by atoms with Crippen molar-refractivity contribution in [1.82, 2.24) is 5.32 Å². The van der Waals surface area contributed by atoms with Gasteiger partial charge in [-0.1, -0.05) is 26.8 Å². The van der Waals surface area contributed by atoms with Crippen LogP contribution in [0.25, 0.3) is 0 Å². The van der Waals surface area contributed by atoms with Crippen molar-refractivity contribution in [2.75, 3.05) is 6.73 Å². The number of nitrogens with one attached hydrogen (secondary N) is 1. The smallest absolute Gasteiger partial charge is 0.321 e. The van der Waals surface area contributed by atoms with Crippen LogP contribution < -0.4 is 5.32 Å². The van der Waals surface area contributed by atoms with Crippen LogP contribution in [-0.4, -0.2) is 29.8 Å². The molecule has 0 saturated carbocycles. The van der Waals surface area contributed by atoms with E-state index in [4.69, 9.17) is 9.84 Å². The predicted octanol–water partition coefficient (Wildman–Crippen LogP) is 2.18. The quantitative estimate of drug-likeness (QED) is 0.421. The minimum Gasteiger partial charge on any atom is -0.480 e. The Labute approximate surface area is 115 Å². The minimum absolute atomic E-state index is 0.117. The van der Waals surface area contributed by atoms with E-state index in [9.17, 15) is 9.59 Å². The molecular weight excluding hydrogens is 246 g/mol. The molecule has 0 radical (unpaired) electrons. The van der Waals surface area contributed by atoms with Gasteiger partial charge in [-0.2, -0.15) is 0 Å². The summed E-state index contributed by atoms with van der Waals surface area (Å²) in [6.45, 7) is 12.4. The molecule has 110 valence electrons. The maximum absolute atomic E-state index is 11.8. The molecule has 0 aromatic carbocycles. The SMILES string of the molecule is C=CCC(C)(C)C(=O)OCN[C@H](C(=O)O)C(C)(C)C. The maximum Gasteiger partial charge on any atom is 0.321 e. The summed E-state index contributed by atoms with van der Waals surface area (Å²) in [5.74, 6) is -1.34. The number of allylic oxidation sites excluding steroid dienone is 1. The normalized spacial score (nSPS) is 13.7. The van der Waals surface area contributed by atoms with E-state index in [-0.39, 0.29) is 12.7 Å². The zero-order chi connectivity index (χ0) is 15.3. The van der Waals surface area contributed by atoms with E-state index in [0.717, 1.165) is 0 Å². The fraction of sp³-hybridized carbons (Fsp3) is 0.714. The molecule has 5 nitrogen and oxygen atoms in total. The van der Waals surface area contributed by atoms with Gasteiger partial charge in [0.05, 0.1) is 5.41 Å². The molecule has 0 unspecified atom stereocenters. The number of rotatable bonds is 7. The second kappa shape index (κ2) is 6.70. The number of aliphatic carboxylic acids is 1. The average molecular weight is 271 g/mol. The highest BCUT2D eigenvalue weighted by Crippen LogP contribution is 2.23. The van der Waals surface area contributed by atoms with E-state index in [2.05, 4.69) is 11.9 Å². The summed E-state index contributed by atoms with van der Waals surface area (Å²) in [5, 5.41) is 11.8. The molecular formula is C14H25NO4. The lowest BCUT2D eigenvalue weighted by atomic mass is 9.87. The van der Waals surface area contributed by atoms with Crippen LogP contribution in [0.2, 0.25) is 0 Å². The van der Waals surface area contributed by atoms with Crippen LogP contribution in [0, 0.1) is 10.8 Å². The largest absolute Gasteiger partial charge is 0.480 e. The van der Waals surface area contributed by atoms with Crippen LogP contribution in [0.3, 0.4) is 0 Å². The Balaban J connectivity index is 4.39. The predicted molar refractivity (Wildman–Crippen MR) is 73.6 cm³/mol. The summed E-state index contributed by atoms with van der Waals surface area (Å²) < 4.78 is 5.07. The number of esters is 1. The highest BCUT2D eigenvalue weighted by molar-refractivity contribution is 5.76. The molecule has 1 atom stereocenters. The highest BCUT2D eigenvalue weighted by atomic mass is 16.5. The Morgan fingerprint density at radius 3 is 2.21 bits per heavy atom. The van der Waals surface area contributed by atoms with Gasteiger partial charge in [-0.3, -0.25) is 14.9 Å². The first kappa shape index (κ1) is 17.6. The molecule has 0 aliphatic carbocycles. The lowest BCUT2D eigenvalue weighted by Gasteiger charge is -2.28. The van der Waals surface area contributed by atoms with Crippen LogP contribution in [0.15, 0.2) is 12.7 Å². The third-order valence-corrected chi connectivity index (χ3v) is 2.81. The van der Waals surface area contributed by atoms with E-state index in [0.29, 0.717) is 6.42 Å². The number of hydrogen-bond acceptors (Lipinski definition) is 4. The van der Waals surface area contributed by atoms with E-state index in [1.807, 2.05) is 20.8 Å². The van der Waals surface area contributed by atoms with Crippen LogP contribution in [0.4, 0.5) is 0 Å². The van der Waals surface area contributed by atoms with Crippen LogP contribution in [-0.2, 0) is 14.3 Å². The molecule has 0 spiro atoms. The Morgan fingerprint density at radius 2 is 1.84 bits per heavy atom. The Morgan fingerprint density at radius 1 is 1.32 bits per heavy atom. The van der Waals surface area contributed by atoms with E-state index in [1.54, 1.807) is 19.9 Å². The van der Waals surface area contributed by atoms with Gasteiger partial charge in [0.25, 0.3) is 0 Å². The van der Waals surface area contributed by atoms with Gasteiger partial charge in [-0.15, -0.1) is 6.58 Å². The van der Waals surface area contributed by atoms with Gasteiger partial charge in [0.2, 0.25) is 0 Å². The minimum atomic E-state index is -0.964. The van der Waals surface area contributed by atoms with Crippen molar-refractivity contribution >= 4 is 11.9 Å². The molecule has 0 rings (SSSR count). The molecule has 0 fully saturated rings. The first-order chi connectivity index (χ1) is 8.52. The molecule has 19 heavy (non-hydrogen) atoms. The fourth-order valence-corrected chi connectivity index (χ4v) is 1.59. The van der Waals surface area contributed by atoms with Crippen molar-refractivity contribution in [1.29, 1.82) is 0 Å². The Kier molecular flexibility index (Phi) is 6.22. The fourth-order valence-electron chi connectivity index (χ4n) is 1.59. The summed E-state index contributed by atoms with van der Waals surface area (Å²) in [6, 6.07) is -0.775. The first-order valence-corrected chi connectivity index (χ1v) is 6.26. The first-order valence-electron chi connectivity index (χ1n) is 6.26. The number of ether oxygens (including phenoxy) is 1. The van der Waals surface area contributed by atoms with E-state index in [1.165, 1.54) is 0 Å². The van der Waals surface area contributed by atoms with Crippen LogP contribution >= 0.6 is 0 Å². The number of hydrogen-bond donors (Lipinski definition) is 2. The summed E-state index contributed by atoms with van der Waals surface area (Å²) in [4.78, 5) is 22.9. The number of carbonyl (C=O) groups excluding carboxylic acids is 1. The number of carboxylic acids is 1. The monoisotopic (exact) mass is 271 g/mol. The summed E-state index contributed by atoms with van der Waals surface area (Å²) >= 11 is 0. The second-order valence-electron chi connectivity index (χ2n) is 6.29. The van der Waals surface area contributed by atoms with Gasteiger partial charge in [-0.25, -0.2) is 0 Å². The highest BCUT2D eigenvalue weighted by Gasteiger charge is 2.32. The zero-order valence-corrected chi connectivity index (χ0v) is 12.4. The van der Waals surface area contributed by atoms with E-state index >= 15 is 0 Å². The van der Waals surface area contributed by atoms with Gasteiger partial charge < -0.3 is 9.84 Å². The van der Waals surface area contributed by atoms with Crippen molar-refractivity contribution in [3.63, 3.8) is 0 Å². The third-order valence-electron chi connectivity index (χ3n) is 2.81. The Hall–Kier alpha value is -1.36. The van der Waals surface area contributed by atoms with Crippen LogP contribution in [0.5, 0.6) is 0 Å². The molecule has 0 heterocycles. The summed E-state index contributed by atoms with van der Waals surface area (Å²) in [7, 11) is 0. The van der Waals surface area contributed by atoms with E-state index < -0.39 is 22.8 Å². The standard InChI is InChI=1S/C14H25NO4/c1-7-8-14(5,6)12(18)19-9-15-10(11(16)17)13(2,3)4/h7,10,15H,1,8-9H2,2-6H3,(H,16,17)/t10-/m1/s1. The molecule has 0 aromatic heterocycles. The molecule has 2 N–H and O–H groups in total. The van der Waals surface area contributed by atoms with Crippen molar-refractivity contribution < 1.29 is 19.4 Å². The third kappa shape index (κ3) is 5.87. The van der Waals surface area contributed by atoms with Gasteiger partial charge >= 0.3 is 11.9 Å². The average Bonchev–Trinajstić information content (AvgIpc) is 2.21. The lowest BCUT2D eigenvalue weighted by molar-refractivity contribution is -0.157. The number of carboxylic acid groups (broad SMARTS) is 1. The summed E-state index contributed by atoms with van der Waals surface area (Å²) in [6.07, 6.45) is 2.16. The molecule has 0 aromatic rings. The second-order valence-corrected chi connectivity index (χ2v) is 6.29. The van der Waals surface area contributed by atoms with Crippen molar-refractivity contribution in [2.24, 2.45) is 10.8 Å². The van der Waals surface area contributed by atoms with Gasteiger partial charge in [-0.05, 0) is 25.7 Å². The topological polar surface area (TPSA) is 75.6 Å². The van der Waals surface area contributed by atoms with Gasteiger partial charge in [0.1, 0.15) is 12.8 Å². The maximum atomic E-state index is 11.8. The Bertz CT molecular complexity index is 342. The van der Waals surface area contributed by atoms with Crippen molar-refractivity contribution in [3.05, 3.63) is 12.7 Å². The summed E-state index contributed by atoms with van der Waals surface area (Å²) in [5.41, 5.74) is -1.11. The molecule has 0 bridgehead atoms. The molecule has 0 aliphatic heterocycles. The molecule has 0 aliphatic rings. The molecule has 5 heteroatoms.